The molecule has 0 saturated carbocycles. The van der Waals surface area contributed by atoms with Gasteiger partial charge in [-0.15, -0.1) is 0 Å². The molecule has 9 nitrogen and oxygen atoms in total. The largest absolute Gasteiger partial charge is 0.477 e. The minimum absolute atomic E-state index is 0.181. The summed E-state index contributed by atoms with van der Waals surface area (Å²) < 4.78 is 23.1. The van der Waals surface area contributed by atoms with Crippen molar-refractivity contribution in [3.8, 4) is 0 Å². The number of nitrogens with zero attached hydrogens (tertiary/aromatic N) is 1. The topological polar surface area (TPSA) is 108 Å². The fourth-order valence-electron chi connectivity index (χ4n) is 11.5. The summed E-state index contributed by atoms with van der Waals surface area (Å²) in [5.41, 5.74) is 0. The first-order chi connectivity index (χ1) is 46.6. The summed E-state index contributed by atoms with van der Waals surface area (Å²) in [6.45, 7) is 4.70. The van der Waals surface area contributed by atoms with Crippen LogP contribution in [0.25, 0.3) is 0 Å². The molecule has 9 heteroatoms. The zero-order valence-electron chi connectivity index (χ0n) is 62.8. The normalized spacial score (nSPS) is 13.2. The second-order valence-corrected chi connectivity index (χ2v) is 28.0. The van der Waals surface area contributed by atoms with Crippen molar-refractivity contribution < 1.29 is 42.9 Å². The predicted octanol–water partition coefficient (Wildman–Crippen LogP) is 25.7. The number of unbranched alkanes of at least 4 members (excludes halogenated alkanes) is 41. The highest BCUT2D eigenvalue weighted by Crippen LogP contribution is 2.19. The number of rotatable bonds is 74. The van der Waals surface area contributed by atoms with E-state index in [4.69, 9.17) is 18.9 Å². The van der Waals surface area contributed by atoms with Crippen molar-refractivity contribution in [1.29, 1.82) is 0 Å². The average Bonchev–Trinajstić information content (AvgIpc) is 3.54. The Bertz CT molecular complexity index is 1930. The van der Waals surface area contributed by atoms with E-state index in [1.54, 1.807) is 0 Å². The summed E-state index contributed by atoms with van der Waals surface area (Å²) in [6, 6.07) is 0. The van der Waals surface area contributed by atoms with Crippen molar-refractivity contribution in [3.63, 3.8) is 0 Å². The number of hydrogen-bond acceptors (Lipinski definition) is 7. The van der Waals surface area contributed by atoms with E-state index in [-0.39, 0.29) is 38.2 Å². The third-order valence-corrected chi connectivity index (χ3v) is 17.5. The zero-order valence-corrected chi connectivity index (χ0v) is 62.8. The van der Waals surface area contributed by atoms with Gasteiger partial charge in [-0.25, -0.2) is 4.79 Å². The van der Waals surface area contributed by atoms with Crippen molar-refractivity contribution in [2.24, 2.45) is 0 Å². The maximum absolute atomic E-state index is 13.0. The highest BCUT2D eigenvalue weighted by Gasteiger charge is 2.25. The van der Waals surface area contributed by atoms with Gasteiger partial charge in [0.1, 0.15) is 13.2 Å². The molecule has 0 saturated heterocycles. The number of carboxylic acid groups (broad SMARTS) is 1. The maximum atomic E-state index is 13.0. The molecule has 95 heavy (non-hydrogen) atoms. The van der Waals surface area contributed by atoms with Gasteiger partial charge in [-0.2, -0.15) is 0 Å². The lowest BCUT2D eigenvalue weighted by Crippen LogP contribution is -2.40. The zero-order chi connectivity index (χ0) is 69.0. The fourth-order valence-corrected chi connectivity index (χ4v) is 11.5. The number of carbonyl (C=O) groups is 3. The van der Waals surface area contributed by atoms with Crippen molar-refractivity contribution >= 4 is 17.9 Å². The van der Waals surface area contributed by atoms with Gasteiger partial charge in [0.25, 0.3) is 6.29 Å². The van der Waals surface area contributed by atoms with E-state index in [1.807, 2.05) is 21.1 Å². The SMILES string of the molecule is CC/C=C\C/C=C\C/C=C\C/C=C\C/C=C\CCCCCCCCCCCCCCCCCCCCCCCCCCCC(=O)OC(COC(=O)CCCCCCCCCCCCCCCCCC/C=C\C/C=C\C/C=C\C/C=C\CC)COC(OCC[N+](C)(C)C)C(=O)O. The number of carbonyl (C=O) groups excluding carboxylic acids is 2. The van der Waals surface area contributed by atoms with Gasteiger partial charge in [0.2, 0.25) is 0 Å². The molecule has 548 valence electrons. The van der Waals surface area contributed by atoms with E-state index in [0.717, 1.165) is 96.3 Å². The van der Waals surface area contributed by atoms with Gasteiger partial charge < -0.3 is 28.5 Å². The molecule has 0 amide bonds. The molecular weight excluding hydrogens is 1170 g/mol. The minimum atomic E-state index is -1.51. The lowest BCUT2D eigenvalue weighted by molar-refractivity contribution is -0.870. The number of hydrogen-bond donors (Lipinski definition) is 1. The molecule has 0 bridgehead atoms. The molecule has 0 aliphatic heterocycles. The molecular formula is C86H152NO8+. The number of quaternary nitrogens is 1. The number of likely N-dealkylation sites (N-methyl/N-ethyl adjacent to an activating group) is 1. The first-order valence-corrected chi connectivity index (χ1v) is 40.1. The van der Waals surface area contributed by atoms with E-state index in [1.165, 1.54) is 238 Å². The highest BCUT2D eigenvalue weighted by molar-refractivity contribution is 5.71. The van der Waals surface area contributed by atoms with Crippen LogP contribution in [-0.4, -0.2) is 87.4 Å². The molecule has 0 radical (unpaired) electrons. The summed E-state index contributed by atoms with van der Waals surface area (Å²) in [5.74, 6) is -1.98. The Morgan fingerprint density at radius 1 is 0.316 bits per heavy atom. The third kappa shape index (κ3) is 77.2. The second-order valence-electron chi connectivity index (χ2n) is 28.0. The van der Waals surface area contributed by atoms with Gasteiger partial charge >= 0.3 is 17.9 Å². The lowest BCUT2D eigenvalue weighted by Gasteiger charge is -2.25. The summed E-state index contributed by atoms with van der Waals surface area (Å²) in [4.78, 5) is 37.7. The van der Waals surface area contributed by atoms with E-state index in [2.05, 4.69) is 123 Å². The molecule has 0 heterocycles. The molecule has 0 aromatic carbocycles. The monoisotopic (exact) mass is 1330 g/mol. The molecule has 0 aliphatic carbocycles. The molecule has 1 N–H and O–H groups in total. The minimum Gasteiger partial charge on any atom is -0.477 e. The van der Waals surface area contributed by atoms with Crippen molar-refractivity contribution in [3.05, 3.63) is 109 Å². The fraction of sp³-hybridized carbons (Fsp3) is 0.756. The van der Waals surface area contributed by atoms with E-state index >= 15 is 0 Å². The van der Waals surface area contributed by atoms with Crippen LogP contribution in [0.1, 0.15) is 361 Å². The predicted molar refractivity (Wildman–Crippen MR) is 410 cm³/mol. The number of carboxylic acids is 1. The van der Waals surface area contributed by atoms with E-state index in [0.29, 0.717) is 17.4 Å². The molecule has 2 unspecified atom stereocenters. The molecule has 0 aromatic rings. The van der Waals surface area contributed by atoms with Crippen LogP contribution in [0.5, 0.6) is 0 Å². The Labute approximate surface area is 587 Å². The van der Waals surface area contributed by atoms with Gasteiger partial charge in [-0.05, 0) is 96.3 Å². The molecule has 0 rings (SSSR count). The molecule has 2 atom stereocenters. The van der Waals surface area contributed by atoms with E-state index < -0.39 is 18.4 Å². The van der Waals surface area contributed by atoms with Gasteiger partial charge in [-0.3, -0.25) is 9.59 Å². The maximum Gasteiger partial charge on any atom is 0.361 e. The Hall–Kier alpha value is -4.05. The highest BCUT2D eigenvalue weighted by atomic mass is 16.7. The number of aliphatic carboxylic acids is 1. The van der Waals surface area contributed by atoms with Crippen LogP contribution in [0.15, 0.2) is 109 Å². The van der Waals surface area contributed by atoms with Crippen LogP contribution < -0.4 is 0 Å². The standard InChI is InChI=1S/C86H151NO8/c1-6-8-10-12-14-16-18-20-22-24-26-28-30-32-34-36-37-38-39-40-41-42-43-44-45-46-47-49-51-53-55-57-59-61-63-65-67-69-71-73-75-77-84(89)95-82(81-94-86(85(90)91)92-79-78-87(3,4)5)80-93-83(88)76-74-72-70-68-66-64-62-60-58-56-54-52-50-48-35-33-31-29-27-25-23-21-19-17-15-13-11-9-7-2/h8-11,14-17,20-23,26-29,32,34,82,86H,6-7,12-13,18-19,24-25,30-31,33,35-81H2,1-5H3/p+1/b10-8-,11-9-,16-14-,17-15-,22-20-,23-21-,28-26-,29-27-,34-32-. The molecule has 0 spiro atoms. The Morgan fingerprint density at radius 2 is 0.568 bits per heavy atom. The van der Waals surface area contributed by atoms with Crippen LogP contribution in [-0.2, 0) is 33.3 Å². The summed E-state index contributed by atoms with van der Waals surface area (Å²) >= 11 is 0. The quantitative estimate of drug-likeness (QED) is 0.0211. The van der Waals surface area contributed by atoms with Crippen LogP contribution in [0.4, 0.5) is 0 Å². The Morgan fingerprint density at radius 3 is 0.842 bits per heavy atom. The smallest absolute Gasteiger partial charge is 0.361 e. The summed E-state index contributed by atoms with van der Waals surface area (Å²) in [7, 11) is 5.99. The van der Waals surface area contributed by atoms with Gasteiger partial charge in [0.05, 0.1) is 34.4 Å². The van der Waals surface area contributed by atoms with Gasteiger partial charge in [-0.1, -0.05) is 361 Å². The van der Waals surface area contributed by atoms with Crippen molar-refractivity contribution in [2.75, 3.05) is 47.5 Å². The summed E-state index contributed by atoms with van der Waals surface area (Å²) in [6.07, 6.45) is 104. The Balaban J connectivity index is 3.97. The average molecular weight is 1330 g/mol. The molecule has 0 aliphatic rings. The number of allylic oxidation sites excluding steroid dienone is 18. The number of ether oxygens (including phenoxy) is 4. The molecule has 0 aromatic heterocycles. The van der Waals surface area contributed by atoms with Crippen LogP contribution in [0, 0.1) is 0 Å². The van der Waals surface area contributed by atoms with Crippen LogP contribution in [0.3, 0.4) is 0 Å². The van der Waals surface area contributed by atoms with Crippen LogP contribution >= 0.6 is 0 Å². The van der Waals surface area contributed by atoms with Crippen molar-refractivity contribution in [1.82, 2.24) is 0 Å². The molecule has 0 fully saturated rings. The van der Waals surface area contributed by atoms with Gasteiger partial charge in [0.15, 0.2) is 6.10 Å². The van der Waals surface area contributed by atoms with Crippen molar-refractivity contribution in [2.45, 2.75) is 373 Å². The van der Waals surface area contributed by atoms with Gasteiger partial charge in [0, 0.05) is 12.8 Å². The second kappa shape index (κ2) is 75.7. The first kappa shape index (κ1) is 91.0. The third-order valence-electron chi connectivity index (χ3n) is 17.5. The number of esters is 2. The van der Waals surface area contributed by atoms with E-state index in [9.17, 15) is 19.5 Å². The summed E-state index contributed by atoms with van der Waals surface area (Å²) in [5, 5.41) is 9.77. The van der Waals surface area contributed by atoms with Crippen LogP contribution in [0.2, 0.25) is 0 Å². The first-order valence-electron chi connectivity index (χ1n) is 40.1. The Kier molecular flexibility index (Phi) is 72.5. The lowest BCUT2D eigenvalue weighted by atomic mass is 10.0.